The van der Waals surface area contributed by atoms with E-state index >= 15 is 0 Å². The molecule has 0 unspecified atom stereocenters. The Kier molecular flexibility index (Phi) is 4.09. The first-order chi connectivity index (χ1) is 8.69. The summed E-state index contributed by atoms with van der Waals surface area (Å²) in [5.41, 5.74) is 6.64. The zero-order valence-electron chi connectivity index (χ0n) is 10.3. The van der Waals surface area contributed by atoms with Crippen LogP contribution in [0.15, 0.2) is 27.6 Å². The second-order valence-corrected chi connectivity index (χ2v) is 4.67. The van der Waals surface area contributed by atoms with Gasteiger partial charge in [0.25, 0.3) is 0 Å². The maximum atomic E-state index is 5.91. The van der Waals surface area contributed by atoms with E-state index < -0.39 is 0 Å². The summed E-state index contributed by atoms with van der Waals surface area (Å²) in [6, 6.07) is 5.63. The van der Waals surface area contributed by atoms with E-state index in [2.05, 4.69) is 10.1 Å². The molecule has 6 heteroatoms. The van der Waals surface area contributed by atoms with Crippen LogP contribution in [0.2, 0.25) is 0 Å². The molecule has 0 radical (unpaired) electrons. The van der Waals surface area contributed by atoms with Crippen LogP contribution in [0.3, 0.4) is 0 Å². The zero-order valence-corrected chi connectivity index (χ0v) is 11.2. The summed E-state index contributed by atoms with van der Waals surface area (Å²) in [7, 11) is 0. The number of rotatable bonds is 5. The molecule has 2 N–H and O–H groups in total. The Hall–Kier alpha value is -1.69. The minimum atomic E-state index is 0.571. The molecule has 2 aromatic rings. The van der Waals surface area contributed by atoms with Gasteiger partial charge in [0.15, 0.2) is 5.82 Å². The van der Waals surface area contributed by atoms with E-state index in [4.69, 9.17) is 15.0 Å². The van der Waals surface area contributed by atoms with Gasteiger partial charge in [0, 0.05) is 17.5 Å². The lowest BCUT2D eigenvalue weighted by Gasteiger charge is -2.07. The lowest BCUT2D eigenvalue weighted by atomic mass is 10.3. The van der Waals surface area contributed by atoms with Crippen LogP contribution in [0.5, 0.6) is 5.75 Å². The van der Waals surface area contributed by atoms with Gasteiger partial charge in [0.05, 0.1) is 12.4 Å². The number of ether oxygens (including phenoxy) is 1. The maximum absolute atomic E-state index is 5.91. The number of nitrogen functional groups attached to an aromatic ring is 1. The molecule has 5 nitrogen and oxygen atoms in total. The number of aryl methyl sites for hydroxylation is 1. The van der Waals surface area contributed by atoms with E-state index in [1.165, 1.54) is 0 Å². The van der Waals surface area contributed by atoms with Crippen LogP contribution in [0, 0.1) is 6.92 Å². The molecule has 18 heavy (non-hydrogen) atoms. The monoisotopic (exact) mass is 265 g/mol. The van der Waals surface area contributed by atoms with Gasteiger partial charge in [-0.05, 0) is 25.1 Å². The van der Waals surface area contributed by atoms with Gasteiger partial charge >= 0.3 is 0 Å². The molecule has 1 aromatic heterocycles. The average Bonchev–Trinajstić information content (AvgIpc) is 2.76. The summed E-state index contributed by atoms with van der Waals surface area (Å²) < 4.78 is 10.4. The SMILES string of the molecule is CCOc1ccc(N)c(SCc2noc(C)n2)c1. The summed E-state index contributed by atoms with van der Waals surface area (Å²) in [5.74, 6) is 2.68. The lowest BCUT2D eigenvalue weighted by Crippen LogP contribution is -1.94. The van der Waals surface area contributed by atoms with E-state index in [1.807, 2.05) is 25.1 Å². The number of nitrogens with zero attached hydrogens (tertiary/aromatic N) is 2. The van der Waals surface area contributed by atoms with Crippen molar-refractivity contribution < 1.29 is 9.26 Å². The van der Waals surface area contributed by atoms with Crippen LogP contribution >= 0.6 is 11.8 Å². The highest BCUT2D eigenvalue weighted by Crippen LogP contribution is 2.30. The Bertz CT molecular complexity index is 528. The molecule has 0 bridgehead atoms. The first-order valence-corrected chi connectivity index (χ1v) is 6.62. The van der Waals surface area contributed by atoms with Gasteiger partial charge in [-0.1, -0.05) is 5.16 Å². The highest BCUT2D eigenvalue weighted by Gasteiger charge is 2.07. The van der Waals surface area contributed by atoms with Crippen LogP contribution in [-0.4, -0.2) is 16.7 Å². The van der Waals surface area contributed by atoms with Gasteiger partial charge in [-0.3, -0.25) is 0 Å². The van der Waals surface area contributed by atoms with Crippen molar-refractivity contribution in [3.63, 3.8) is 0 Å². The Morgan fingerprint density at radius 2 is 2.28 bits per heavy atom. The normalized spacial score (nSPS) is 10.6. The number of anilines is 1. The van der Waals surface area contributed by atoms with Crippen LogP contribution in [0.25, 0.3) is 0 Å². The number of hydrogen-bond donors (Lipinski definition) is 1. The number of aromatic nitrogens is 2. The molecule has 96 valence electrons. The van der Waals surface area contributed by atoms with E-state index in [9.17, 15) is 0 Å². The summed E-state index contributed by atoms with van der Waals surface area (Å²) in [6.07, 6.45) is 0. The standard InChI is InChI=1S/C12H15N3O2S/c1-3-16-9-4-5-10(13)11(6-9)18-7-12-14-8(2)17-15-12/h4-6H,3,7,13H2,1-2H3. The third kappa shape index (κ3) is 3.16. The van der Waals surface area contributed by atoms with Gasteiger partial charge in [-0.25, -0.2) is 0 Å². The molecule has 1 heterocycles. The van der Waals surface area contributed by atoms with E-state index in [0.29, 0.717) is 24.1 Å². The summed E-state index contributed by atoms with van der Waals surface area (Å²) in [6.45, 7) is 4.36. The van der Waals surface area contributed by atoms with Crippen LogP contribution in [0.1, 0.15) is 18.6 Å². The number of nitrogens with two attached hydrogens (primary N) is 1. The predicted molar refractivity (Wildman–Crippen MR) is 70.6 cm³/mol. The highest BCUT2D eigenvalue weighted by molar-refractivity contribution is 7.98. The molecule has 0 saturated carbocycles. The fourth-order valence-corrected chi connectivity index (χ4v) is 2.27. The minimum Gasteiger partial charge on any atom is -0.494 e. The number of thioether (sulfide) groups is 1. The first kappa shape index (κ1) is 12.8. The van der Waals surface area contributed by atoms with Gasteiger partial charge in [-0.15, -0.1) is 11.8 Å². The molecular weight excluding hydrogens is 250 g/mol. The molecule has 0 saturated heterocycles. The minimum absolute atomic E-state index is 0.571. The van der Waals surface area contributed by atoms with Crippen molar-refractivity contribution in [1.82, 2.24) is 10.1 Å². The van der Waals surface area contributed by atoms with Crippen molar-refractivity contribution in [3.8, 4) is 5.75 Å². The lowest BCUT2D eigenvalue weighted by molar-refractivity contribution is 0.339. The van der Waals surface area contributed by atoms with Crippen molar-refractivity contribution >= 4 is 17.4 Å². The second kappa shape index (κ2) is 5.77. The zero-order chi connectivity index (χ0) is 13.0. The molecular formula is C12H15N3O2S. The summed E-state index contributed by atoms with van der Waals surface area (Å²) in [5, 5.41) is 3.84. The van der Waals surface area contributed by atoms with Gasteiger partial charge in [0.2, 0.25) is 5.89 Å². The molecule has 1 aromatic carbocycles. The quantitative estimate of drug-likeness (QED) is 0.661. The molecule has 0 aliphatic heterocycles. The predicted octanol–water partition coefficient (Wildman–Crippen LogP) is 2.65. The number of hydrogen-bond acceptors (Lipinski definition) is 6. The molecule has 0 aliphatic carbocycles. The van der Waals surface area contributed by atoms with Gasteiger partial charge in [0.1, 0.15) is 5.75 Å². The first-order valence-electron chi connectivity index (χ1n) is 5.63. The fourth-order valence-electron chi connectivity index (χ4n) is 1.44. The van der Waals surface area contributed by atoms with E-state index in [0.717, 1.165) is 16.3 Å². The smallest absolute Gasteiger partial charge is 0.223 e. The van der Waals surface area contributed by atoms with Crippen LogP contribution in [0.4, 0.5) is 5.69 Å². The Labute approximate surface area is 110 Å². The Morgan fingerprint density at radius 1 is 1.44 bits per heavy atom. The van der Waals surface area contributed by atoms with Crippen LogP contribution < -0.4 is 10.5 Å². The van der Waals surface area contributed by atoms with Crippen molar-refractivity contribution in [2.24, 2.45) is 0 Å². The number of benzene rings is 1. The van der Waals surface area contributed by atoms with Gasteiger partial charge < -0.3 is 15.0 Å². The molecule has 0 fully saturated rings. The molecule has 0 atom stereocenters. The van der Waals surface area contributed by atoms with E-state index in [-0.39, 0.29) is 0 Å². The molecule has 0 amide bonds. The van der Waals surface area contributed by atoms with Crippen molar-refractivity contribution in [3.05, 3.63) is 29.9 Å². The Morgan fingerprint density at radius 3 is 2.94 bits per heavy atom. The molecule has 0 aliphatic rings. The van der Waals surface area contributed by atoms with Crippen molar-refractivity contribution in [1.29, 1.82) is 0 Å². The summed E-state index contributed by atoms with van der Waals surface area (Å²) >= 11 is 1.56. The second-order valence-electron chi connectivity index (χ2n) is 3.65. The van der Waals surface area contributed by atoms with Gasteiger partial charge in [-0.2, -0.15) is 4.98 Å². The Balaban J connectivity index is 2.05. The van der Waals surface area contributed by atoms with Crippen molar-refractivity contribution in [2.75, 3.05) is 12.3 Å². The fraction of sp³-hybridized carbons (Fsp3) is 0.333. The highest BCUT2D eigenvalue weighted by atomic mass is 32.2. The largest absolute Gasteiger partial charge is 0.494 e. The topological polar surface area (TPSA) is 74.2 Å². The third-order valence-corrected chi connectivity index (χ3v) is 3.29. The molecule has 0 spiro atoms. The van der Waals surface area contributed by atoms with Crippen LogP contribution in [-0.2, 0) is 5.75 Å². The molecule has 2 rings (SSSR count). The third-order valence-electron chi connectivity index (χ3n) is 2.22. The van der Waals surface area contributed by atoms with E-state index in [1.54, 1.807) is 18.7 Å². The van der Waals surface area contributed by atoms with Crippen molar-refractivity contribution in [2.45, 2.75) is 24.5 Å². The average molecular weight is 265 g/mol. The maximum Gasteiger partial charge on any atom is 0.223 e. The summed E-state index contributed by atoms with van der Waals surface area (Å²) in [4.78, 5) is 5.10.